The topological polar surface area (TPSA) is 76.5 Å². The largest absolute Gasteiger partial charge is 0.465 e. The van der Waals surface area contributed by atoms with Crippen molar-refractivity contribution in [2.24, 2.45) is 0 Å². The second kappa shape index (κ2) is 11.2. The molecule has 1 N–H and O–H groups in total. The third-order valence-electron chi connectivity index (χ3n) is 3.61. The maximum Gasteiger partial charge on any atom is 0.339 e. The standard InChI is InChI=1S/C18H19NO4.2C2H6/c1-11-5-7-13(18(2,3)22)9-14(11)16(20)15-8-6-12(10-19-15)17(21)23-4;2*1-2/h5-10,22H,1-4H3;2*1-2H3. The number of hydrogen-bond donors (Lipinski definition) is 1. The number of ether oxygens (including phenoxy) is 1. The van der Waals surface area contributed by atoms with Crippen LogP contribution in [0.25, 0.3) is 0 Å². The first-order chi connectivity index (χ1) is 12.7. The second-order valence-electron chi connectivity index (χ2n) is 5.84. The van der Waals surface area contributed by atoms with E-state index in [1.807, 2.05) is 34.6 Å². The predicted octanol–water partition coefficient (Wildman–Crippen LogP) is 4.69. The molecule has 27 heavy (non-hydrogen) atoms. The lowest BCUT2D eigenvalue weighted by Gasteiger charge is -2.19. The van der Waals surface area contributed by atoms with Crippen molar-refractivity contribution in [1.82, 2.24) is 4.98 Å². The number of rotatable bonds is 4. The van der Waals surface area contributed by atoms with Crippen molar-refractivity contribution in [2.45, 2.75) is 54.1 Å². The van der Waals surface area contributed by atoms with Crippen LogP contribution in [0.5, 0.6) is 0 Å². The summed E-state index contributed by atoms with van der Waals surface area (Å²) in [6.07, 6.45) is 1.31. The number of hydrogen-bond acceptors (Lipinski definition) is 5. The predicted molar refractivity (Wildman–Crippen MR) is 108 cm³/mol. The number of aromatic nitrogens is 1. The van der Waals surface area contributed by atoms with Crippen LogP contribution in [0.4, 0.5) is 0 Å². The van der Waals surface area contributed by atoms with Crippen LogP contribution < -0.4 is 0 Å². The van der Waals surface area contributed by atoms with Gasteiger partial charge in [0.25, 0.3) is 0 Å². The van der Waals surface area contributed by atoms with Gasteiger partial charge in [-0.25, -0.2) is 4.79 Å². The number of nitrogens with zero attached hydrogens (tertiary/aromatic N) is 1. The molecule has 5 heteroatoms. The van der Waals surface area contributed by atoms with Crippen molar-refractivity contribution >= 4 is 11.8 Å². The summed E-state index contributed by atoms with van der Waals surface area (Å²) < 4.78 is 4.60. The van der Waals surface area contributed by atoms with Gasteiger partial charge < -0.3 is 9.84 Å². The zero-order chi connectivity index (χ0) is 21.2. The van der Waals surface area contributed by atoms with Gasteiger partial charge in [0.2, 0.25) is 5.78 Å². The fourth-order valence-electron chi connectivity index (χ4n) is 2.15. The van der Waals surface area contributed by atoms with Gasteiger partial charge in [-0.15, -0.1) is 0 Å². The summed E-state index contributed by atoms with van der Waals surface area (Å²) in [5, 5.41) is 10.1. The maximum absolute atomic E-state index is 12.6. The molecule has 0 spiro atoms. The van der Waals surface area contributed by atoms with Crippen LogP contribution in [0.1, 0.15) is 79.1 Å². The van der Waals surface area contributed by atoms with Gasteiger partial charge in [-0.05, 0) is 50.1 Å². The summed E-state index contributed by atoms with van der Waals surface area (Å²) in [7, 11) is 1.28. The Bertz CT molecular complexity index is 744. The highest BCUT2D eigenvalue weighted by molar-refractivity contribution is 6.09. The molecule has 1 heterocycles. The van der Waals surface area contributed by atoms with E-state index in [0.29, 0.717) is 11.1 Å². The Morgan fingerprint density at radius 2 is 1.63 bits per heavy atom. The van der Waals surface area contributed by atoms with Crippen LogP contribution in [0.2, 0.25) is 0 Å². The Morgan fingerprint density at radius 1 is 1.04 bits per heavy atom. The maximum atomic E-state index is 12.6. The lowest BCUT2D eigenvalue weighted by molar-refractivity contribution is 0.0599. The fraction of sp³-hybridized carbons (Fsp3) is 0.409. The molecule has 0 radical (unpaired) electrons. The van der Waals surface area contributed by atoms with Crippen molar-refractivity contribution in [1.29, 1.82) is 0 Å². The molecule has 2 rings (SSSR count). The zero-order valence-corrected chi connectivity index (χ0v) is 17.6. The minimum Gasteiger partial charge on any atom is -0.465 e. The monoisotopic (exact) mass is 373 g/mol. The van der Waals surface area contributed by atoms with Crippen LogP contribution in [-0.4, -0.2) is 29.0 Å². The van der Waals surface area contributed by atoms with Crippen molar-refractivity contribution < 1.29 is 19.4 Å². The van der Waals surface area contributed by atoms with E-state index in [-0.39, 0.29) is 17.0 Å². The molecule has 148 valence electrons. The highest BCUT2D eigenvalue weighted by Crippen LogP contribution is 2.23. The van der Waals surface area contributed by atoms with Crippen LogP contribution >= 0.6 is 0 Å². The molecule has 1 aromatic heterocycles. The molecule has 0 aliphatic carbocycles. The molecule has 0 aliphatic rings. The van der Waals surface area contributed by atoms with Crippen molar-refractivity contribution in [3.63, 3.8) is 0 Å². The Balaban J connectivity index is 0.00000158. The average Bonchev–Trinajstić information content (AvgIpc) is 2.69. The highest BCUT2D eigenvalue weighted by atomic mass is 16.5. The quantitative estimate of drug-likeness (QED) is 0.621. The minimum atomic E-state index is -1.04. The van der Waals surface area contributed by atoms with Gasteiger partial charge in [0, 0.05) is 11.8 Å². The van der Waals surface area contributed by atoms with Crippen LogP contribution in [0.15, 0.2) is 36.5 Å². The second-order valence-corrected chi connectivity index (χ2v) is 5.84. The van der Waals surface area contributed by atoms with Crippen LogP contribution in [0.3, 0.4) is 0 Å². The number of carbonyl (C=O) groups excluding carboxylic acids is 2. The summed E-state index contributed by atoms with van der Waals surface area (Å²) in [5.41, 5.74) is 1.40. The Labute approximate surface area is 162 Å². The first kappa shape index (κ1) is 24.5. The molecule has 0 atom stereocenters. The summed E-state index contributed by atoms with van der Waals surface area (Å²) >= 11 is 0. The number of ketones is 1. The van der Waals surface area contributed by atoms with Gasteiger partial charge in [-0.2, -0.15) is 0 Å². The van der Waals surface area contributed by atoms with E-state index in [4.69, 9.17) is 0 Å². The van der Waals surface area contributed by atoms with E-state index in [0.717, 1.165) is 5.56 Å². The summed E-state index contributed by atoms with van der Waals surface area (Å²) in [5.74, 6) is -0.762. The summed E-state index contributed by atoms with van der Waals surface area (Å²) in [4.78, 5) is 28.1. The molecule has 2 aromatic rings. The van der Waals surface area contributed by atoms with E-state index in [1.165, 1.54) is 25.4 Å². The number of carbonyl (C=O) groups is 2. The molecule has 1 aromatic carbocycles. The van der Waals surface area contributed by atoms with Gasteiger partial charge in [0.15, 0.2) is 0 Å². The van der Waals surface area contributed by atoms with Gasteiger partial charge >= 0.3 is 5.97 Å². The van der Waals surface area contributed by atoms with E-state index in [1.54, 1.807) is 32.0 Å². The number of pyridine rings is 1. The van der Waals surface area contributed by atoms with E-state index >= 15 is 0 Å². The first-order valence-electron chi connectivity index (χ1n) is 9.16. The van der Waals surface area contributed by atoms with Gasteiger partial charge in [0.1, 0.15) is 5.69 Å². The zero-order valence-electron chi connectivity index (χ0n) is 17.6. The molecule has 0 unspecified atom stereocenters. The van der Waals surface area contributed by atoms with E-state index in [2.05, 4.69) is 9.72 Å². The van der Waals surface area contributed by atoms with Gasteiger partial charge in [0.05, 0.1) is 18.3 Å². The van der Waals surface area contributed by atoms with Crippen LogP contribution in [0, 0.1) is 6.92 Å². The normalized spacial score (nSPS) is 9.96. The van der Waals surface area contributed by atoms with Crippen LogP contribution in [-0.2, 0) is 10.3 Å². The van der Waals surface area contributed by atoms with E-state index < -0.39 is 11.6 Å². The molecule has 0 fully saturated rings. The van der Waals surface area contributed by atoms with Gasteiger partial charge in [-0.1, -0.05) is 39.8 Å². The number of benzene rings is 1. The lowest BCUT2D eigenvalue weighted by Crippen LogP contribution is -2.17. The number of aryl methyl sites for hydroxylation is 1. The average molecular weight is 373 g/mol. The van der Waals surface area contributed by atoms with E-state index in [9.17, 15) is 14.7 Å². The molecule has 0 bridgehead atoms. The number of esters is 1. The lowest BCUT2D eigenvalue weighted by atomic mass is 9.92. The summed E-state index contributed by atoms with van der Waals surface area (Å²) in [6.45, 7) is 13.1. The number of aliphatic hydroxyl groups is 1. The third-order valence-corrected chi connectivity index (χ3v) is 3.61. The fourth-order valence-corrected chi connectivity index (χ4v) is 2.15. The molecule has 0 amide bonds. The van der Waals surface area contributed by atoms with Crippen molar-refractivity contribution in [2.75, 3.05) is 7.11 Å². The van der Waals surface area contributed by atoms with Gasteiger partial charge in [-0.3, -0.25) is 9.78 Å². The Hall–Kier alpha value is -2.53. The molecular weight excluding hydrogens is 342 g/mol. The minimum absolute atomic E-state index is 0.230. The SMILES string of the molecule is CC.CC.COC(=O)c1ccc(C(=O)c2cc(C(C)(C)O)ccc2C)nc1. The summed E-state index contributed by atoms with van der Waals surface area (Å²) in [6, 6.07) is 8.25. The Kier molecular flexibility index (Phi) is 10.2. The molecule has 5 nitrogen and oxygen atoms in total. The van der Waals surface area contributed by atoms with Crippen molar-refractivity contribution in [3.05, 3.63) is 64.5 Å². The molecular formula is C22H31NO4. The smallest absolute Gasteiger partial charge is 0.339 e. The Morgan fingerprint density at radius 3 is 2.07 bits per heavy atom. The third kappa shape index (κ3) is 6.61. The molecule has 0 aliphatic heterocycles. The molecule has 0 saturated heterocycles. The number of methoxy groups -OCH3 is 1. The van der Waals surface area contributed by atoms with Crippen molar-refractivity contribution in [3.8, 4) is 0 Å². The highest BCUT2D eigenvalue weighted by Gasteiger charge is 2.20. The molecule has 0 saturated carbocycles. The first-order valence-corrected chi connectivity index (χ1v) is 9.16.